The minimum Gasteiger partial charge on any atom is -0.359 e. The predicted octanol–water partition coefficient (Wildman–Crippen LogP) is -1.18. The first kappa shape index (κ1) is 11.6. The first-order valence-electron chi connectivity index (χ1n) is 4.19. The highest BCUT2D eigenvalue weighted by molar-refractivity contribution is 5.12. The molecule has 0 bridgehead atoms. The Hall–Kier alpha value is -1.91. The first-order valence-corrected chi connectivity index (χ1v) is 6.35. The number of nitro groups is 2. The van der Waals surface area contributed by atoms with Crippen molar-refractivity contribution < 1.29 is 39.9 Å². The second-order valence-corrected chi connectivity index (χ2v) is 5.43. The Bertz CT molecular complexity index is 524. The van der Waals surface area contributed by atoms with Crippen molar-refractivity contribution in [1.29, 1.82) is 0 Å². The molecule has 0 N–H and O–H groups in total. The van der Waals surface area contributed by atoms with E-state index in [1.165, 1.54) is 24.3 Å². The molecule has 0 aromatic carbocycles. The monoisotopic (exact) mass is 351 g/mol. The third kappa shape index (κ3) is 2.61. The van der Waals surface area contributed by atoms with Crippen LogP contribution in [-0.4, -0.2) is 9.85 Å². The van der Waals surface area contributed by atoms with Gasteiger partial charge in [0, 0.05) is 12.1 Å². The van der Waals surface area contributed by atoms with Crippen LogP contribution in [0.25, 0.3) is 0 Å². The van der Waals surface area contributed by atoms with Crippen LogP contribution in [0.2, 0.25) is 0 Å². The maximum absolute atomic E-state index is 10.4. The molecule has 8 nitrogen and oxygen atoms in total. The molecule has 88 valence electrons. The van der Waals surface area contributed by atoms with Crippen LogP contribution in [0, 0.1) is 27.8 Å². The van der Waals surface area contributed by atoms with Crippen molar-refractivity contribution in [2.75, 3.05) is 0 Å². The van der Waals surface area contributed by atoms with Crippen molar-refractivity contribution in [3.63, 3.8) is 0 Å². The Morgan fingerprint density at radius 3 is 1.59 bits per heavy atom. The van der Waals surface area contributed by atoms with Gasteiger partial charge in [0.15, 0.2) is 0 Å². The van der Waals surface area contributed by atoms with Gasteiger partial charge in [-0.05, 0) is 0 Å². The van der Waals surface area contributed by atoms with Gasteiger partial charge in [0.1, 0.15) is 9.85 Å². The third-order valence-electron chi connectivity index (χ3n) is 1.66. The van der Waals surface area contributed by atoms with Crippen molar-refractivity contribution in [1.82, 2.24) is 0 Å². The summed E-state index contributed by atoms with van der Waals surface area (Å²) in [7, 11) is 0. The van der Waals surface area contributed by atoms with Gasteiger partial charge in [-0.3, -0.25) is 20.2 Å². The number of hydrogen-bond donors (Lipinski definition) is 0. The molecule has 9 heteroatoms. The fraction of sp³-hybridized carbons (Fsp3) is 0. The summed E-state index contributed by atoms with van der Waals surface area (Å²) in [5, 5.41) is 20.7. The fourth-order valence-corrected chi connectivity index (χ4v) is 2.91. The molecule has 17 heavy (non-hydrogen) atoms. The average Bonchev–Trinajstić information content (AvgIpc) is 2.87. The number of halogens is 1. The van der Waals surface area contributed by atoms with Crippen LogP contribution in [-0.2, 0) is 0 Å². The van der Waals surface area contributed by atoms with E-state index in [4.69, 9.17) is 8.83 Å². The van der Waals surface area contributed by atoms with Gasteiger partial charge in [0.2, 0.25) is 0 Å². The molecule has 0 radical (unpaired) electrons. The van der Waals surface area contributed by atoms with Crippen LogP contribution in [0.15, 0.2) is 33.1 Å². The SMILES string of the molecule is O=[N+]([O-])c1ccc([I+]c2ccc([N+](=O)[O-])o2)o1. The molecule has 2 rings (SSSR count). The Morgan fingerprint density at radius 2 is 1.29 bits per heavy atom. The highest BCUT2D eigenvalue weighted by atomic mass is 127. The number of furan rings is 2. The van der Waals surface area contributed by atoms with Crippen LogP contribution in [0.3, 0.4) is 0 Å². The minimum atomic E-state index is -0.923. The van der Waals surface area contributed by atoms with E-state index < -0.39 is 31.1 Å². The van der Waals surface area contributed by atoms with E-state index in [2.05, 4.69) is 0 Å². The zero-order valence-electron chi connectivity index (χ0n) is 8.03. The highest BCUT2D eigenvalue weighted by Gasteiger charge is 2.29. The van der Waals surface area contributed by atoms with Crippen LogP contribution >= 0.6 is 0 Å². The predicted molar refractivity (Wildman–Crippen MR) is 48.1 cm³/mol. The molecule has 0 atom stereocenters. The molecule has 0 fully saturated rings. The summed E-state index contributed by atoms with van der Waals surface area (Å²) in [6, 6.07) is 5.43. The molecular weight excluding hydrogens is 347 g/mol. The normalized spacial score (nSPS) is 10.4. The summed E-state index contributed by atoms with van der Waals surface area (Å²) < 4.78 is 10.7. The second kappa shape index (κ2) is 4.53. The van der Waals surface area contributed by atoms with Crippen LogP contribution in [0.1, 0.15) is 0 Å². The van der Waals surface area contributed by atoms with Gasteiger partial charge < -0.3 is 8.83 Å². The van der Waals surface area contributed by atoms with Gasteiger partial charge in [-0.1, -0.05) is 0 Å². The lowest BCUT2D eigenvalue weighted by molar-refractivity contribution is -0.639. The minimum absolute atomic E-state index is 0.347. The molecule has 0 aliphatic rings. The zero-order chi connectivity index (χ0) is 12.4. The Morgan fingerprint density at radius 1 is 0.882 bits per heavy atom. The summed E-state index contributed by atoms with van der Waals surface area (Å²) in [4.78, 5) is 19.5. The lowest BCUT2D eigenvalue weighted by atomic mass is 10.6. The summed E-state index contributed by atoms with van der Waals surface area (Å²) in [5.74, 6) is -0.693. The van der Waals surface area contributed by atoms with E-state index in [9.17, 15) is 20.2 Å². The summed E-state index contributed by atoms with van der Waals surface area (Å²) in [5.41, 5.74) is 0. The molecule has 0 spiro atoms. The van der Waals surface area contributed by atoms with Crippen molar-refractivity contribution >= 4 is 11.8 Å². The van der Waals surface area contributed by atoms with Gasteiger partial charge in [0.25, 0.3) is 0 Å². The van der Waals surface area contributed by atoms with Gasteiger partial charge in [0.05, 0.1) is 12.1 Å². The quantitative estimate of drug-likeness (QED) is 0.389. The zero-order valence-corrected chi connectivity index (χ0v) is 10.2. The van der Waals surface area contributed by atoms with Crippen LogP contribution in [0.4, 0.5) is 11.8 Å². The standard InChI is InChI=1S/C8H4IN2O6/c12-10(13)7-3-1-5(16-7)9-6-2-4-8(17-6)11(14)15/h1-4H/q+1. The van der Waals surface area contributed by atoms with Crippen molar-refractivity contribution in [2.45, 2.75) is 0 Å². The second-order valence-electron chi connectivity index (χ2n) is 2.76. The Kier molecular flexibility index (Phi) is 3.08. The van der Waals surface area contributed by atoms with Gasteiger partial charge in [-0.25, -0.2) is 0 Å². The maximum Gasteiger partial charge on any atom is 0.443 e. The number of hydrogen-bond acceptors (Lipinski definition) is 6. The summed E-state index contributed by atoms with van der Waals surface area (Å²) in [6.45, 7) is 0. The fourth-order valence-electron chi connectivity index (χ4n) is 0.999. The van der Waals surface area contributed by atoms with E-state index >= 15 is 0 Å². The first-order chi connectivity index (χ1) is 8.06. The van der Waals surface area contributed by atoms with E-state index in [-0.39, 0.29) is 11.8 Å². The Labute approximate surface area is 104 Å². The van der Waals surface area contributed by atoms with Crippen LogP contribution in [0.5, 0.6) is 0 Å². The average molecular weight is 351 g/mol. The van der Waals surface area contributed by atoms with Gasteiger partial charge in [-0.2, -0.15) is 0 Å². The summed E-state index contributed by atoms with van der Waals surface area (Å²) in [6.07, 6.45) is 0. The van der Waals surface area contributed by atoms with E-state index in [0.717, 1.165) is 0 Å². The molecule has 0 saturated heterocycles. The smallest absolute Gasteiger partial charge is 0.359 e. The lowest BCUT2D eigenvalue weighted by Crippen LogP contribution is -3.61. The molecule has 2 heterocycles. The number of nitrogens with zero attached hydrogens (tertiary/aromatic N) is 2. The molecule has 0 aliphatic carbocycles. The molecule has 0 aliphatic heterocycles. The van der Waals surface area contributed by atoms with Crippen molar-refractivity contribution in [3.05, 3.63) is 52.0 Å². The molecule has 2 aromatic rings. The van der Waals surface area contributed by atoms with Crippen LogP contribution < -0.4 is 21.2 Å². The third-order valence-corrected chi connectivity index (χ3v) is 3.89. The molecule has 0 amide bonds. The van der Waals surface area contributed by atoms with E-state index in [0.29, 0.717) is 7.53 Å². The van der Waals surface area contributed by atoms with Gasteiger partial charge in [-0.15, -0.1) is 0 Å². The van der Waals surface area contributed by atoms with Crippen molar-refractivity contribution in [3.8, 4) is 0 Å². The van der Waals surface area contributed by atoms with E-state index in [1.807, 2.05) is 0 Å². The van der Waals surface area contributed by atoms with Crippen molar-refractivity contribution in [2.24, 2.45) is 0 Å². The maximum atomic E-state index is 10.4. The highest BCUT2D eigenvalue weighted by Crippen LogP contribution is 2.11. The Balaban J connectivity index is 2.13. The molecule has 0 unspecified atom stereocenters. The molecule has 2 aromatic heterocycles. The molecular formula is C8H4IN2O6+. The topological polar surface area (TPSA) is 113 Å². The molecule has 0 saturated carbocycles. The summed E-state index contributed by atoms with van der Waals surface area (Å²) >= 11 is -0.923. The van der Waals surface area contributed by atoms with Gasteiger partial charge >= 0.3 is 40.5 Å². The van der Waals surface area contributed by atoms with E-state index in [1.54, 1.807) is 0 Å². The number of rotatable bonds is 4. The lowest BCUT2D eigenvalue weighted by Gasteiger charge is -1.79. The largest absolute Gasteiger partial charge is 0.443 e.